The second kappa shape index (κ2) is 5.14. The van der Waals surface area contributed by atoms with Crippen molar-refractivity contribution in [3.63, 3.8) is 0 Å². The minimum absolute atomic E-state index is 0.362. The molecule has 0 saturated heterocycles. The monoisotopic (exact) mass is 312 g/mol. The van der Waals surface area contributed by atoms with Gasteiger partial charge in [0.15, 0.2) is 17.5 Å². The molecule has 0 unspecified atom stereocenters. The fourth-order valence-electron chi connectivity index (χ4n) is 1.93. The molecule has 0 bridgehead atoms. The highest BCUT2D eigenvalue weighted by molar-refractivity contribution is 7.14. The van der Waals surface area contributed by atoms with Crippen molar-refractivity contribution in [1.82, 2.24) is 4.98 Å². The predicted molar refractivity (Wildman–Crippen MR) is 73.1 cm³/mol. The van der Waals surface area contributed by atoms with Gasteiger partial charge in [0.25, 0.3) is 5.91 Å². The van der Waals surface area contributed by atoms with E-state index < -0.39 is 23.4 Å². The Kier molecular flexibility index (Phi) is 3.44. The van der Waals surface area contributed by atoms with E-state index in [2.05, 4.69) is 10.3 Å². The van der Waals surface area contributed by atoms with Gasteiger partial charge in [-0.25, -0.2) is 18.2 Å². The van der Waals surface area contributed by atoms with Crippen LogP contribution in [0.1, 0.15) is 39.1 Å². The molecule has 1 heterocycles. The fraction of sp³-hybridized carbons (Fsp3) is 0.286. The number of aromatic nitrogens is 1. The number of hydrogen-bond acceptors (Lipinski definition) is 3. The molecule has 21 heavy (non-hydrogen) atoms. The van der Waals surface area contributed by atoms with Crippen LogP contribution < -0.4 is 5.32 Å². The van der Waals surface area contributed by atoms with Crippen LogP contribution in [0.25, 0.3) is 0 Å². The van der Waals surface area contributed by atoms with Crippen molar-refractivity contribution in [2.24, 2.45) is 0 Å². The van der Waals surface area contributed by atoms with Gasteiger partial charge in [0.05, 0.1) is 16.4 Å². The van der Waals surface area contributed by atoms with Crippen molar-refractivity contribution in [2.45, 2.75) is 25.7 Å². The van der Waals surface area contributed by atoms with Gasteiger partial charge >= 0.3 is 0 Å². The molecule has 0 atom stereocenters. The van der Waals surface area contributed by atoms with Gasteiger partial charge in [0.2, 0.25) is 0 Å². The minimum atomic E-state index is -1.60. The number of nitrogens with one attached hydrogen (secondary N) is 1. The molecule has 1 aromatic carbocycles. The number of aryl methyl sites for hydroxylation is 1. The standard InChI is InChI=1S/C14H11F3N2OS/c1-6-12(21-14(18-6)7-2-3-7)13(20)19-9-5-4-8(15)10(16)11(9)17/h4-5,7H,2-3H2,1H3,(H,19,20). The summed E-state index contributed by atoms with van der Waals surface area (Å²) in [4.78, 5) is 16.8. The highest BCUT2D eigenvalue weighted by Crippen LogP contribution is 2.42. The fourth-order valence-corrected chi connectivity index (χ4v) is 3.07. The summed E-state index contributed by atoms with van der Waals surface area (Å²) >= 11 is 1.26. The second-order valence-electron chi connectivity index (χ2n) is 4.92. The predicted octanol–water partition coefficient (Wildman–Crippen LogP) is 4.00. The topological polar surface area (TPSA) is 42.0 Å². The molecule has 110 valence electrons. The van der Waals surface area contributed by atoms with Crippen LogP contribution in [-0.2, 0) is 0 Å². The summed E-state index contributed by atoms with van der Waals surface area (Å²) in [6.07, 6.45) is 2.12. The highest BCUT2D eigenvalue weighted by Gasteiger charge is 2.29. The first-order chi connectivity index (χ1) is 9.97. The van der Waals surface area contributed by atoms with Crippen molar-refractivity contribution in [1.29, 1.82) is 0 Å². The van der Waals surface area contributed by atoms with Gasteiger partial charge in [0.1, 0.15) is 4.88 Å². The van der Waals surface area contributed by atoms with Crippen LogP contribution >= 0.6 is 11.3 Å². The lowest BCUT2D eigenvalue weighted by molar-refractivity contribution is 0.102. The minimum Gasteiger partial charge on any atom is -0.319 e. The number of halogens is 3. The Morgan fingerprint density at radius 3 is 2.67 bits per heavy atom. The first-order valence-corrected chi connectivity index (χ1v) is 7.21. The Bertz CT molecular complexity index is 725. The van der Waals surface area contributed by atoms with Gasteiger partial charge < -0.3 is 5.32 Å². The van der Waals surface area contributed by atoms with E-state index >= 15 is 0 Å². The van der Waals surface area contributed by atoms with E-state index in [-0.39, 0.29) is 5.69 Å². The lowest BCUT2D eigenvalue weighted by Gasteiger charge is -2.06. The molecule has 1 aromatic heterocycles. The third-order valence-electron chi connectivity index (χ3n) is 3.23. The molecule has 0 aliphatic heterocycles. The zero-order valence-corrected chi connectivity index (χ0v) is 11.9. The summed E-state index contributed by atoms with van der Waals surface area (Å²) in [6.45, 7) is 1.69. The van der Waals surface area contributed by atoms with Gasteiger partial charge in [-0.15, -0.1) is 11.3 Å². The first-order valence-electron chi connectivity index (χ1n) is 6.39. The Balaban J connectivity index is 1.85. The van der Waals surface area contributed by atoms with Gasteiger partial charge in [-0.1, -0.05) is 0 Å². The molecule has 1 aliphatic carbocycles. The summed E-state index contributed by atoms with van der Waals surface area (Å²) in [7, 11) is 0. The van der Waals surface area contributed by atoms with E-state index in [1.54, 1.807) is 6.92 Å². The molecule has 1 amide bonds. The quantitative estimate of drug-likeness (QED) is 0.871. The number of thiazole rings is 1. The molecule has 1 N–H and O–H groups in total. The molecule has 3 rings (SSSR count). The first kappa shape index (κ1) is 14.1. The van der Waals surface area contributed by atoms with E-state index in [1.165, 1.54) is 11.3 Å². The Morgan fingerprint density at radius 1 is 1.29 bits per heavy atom. The number of anilines is 1. The van der Waals surface area contributed by atoms with Crippen LogP contribution in [0.5, 0.6) is 0 Å². The van der Waals surface area contributed by atoms with Crippen molar-refractivity contribution in [3.05, 3.63) is 45.2 Å². The maximum atomic E-state index is 13.5. The third kappa shape index (κ3) is 2.65. The van der Waals surface area contributed by atoms with Crippen molar-refractivity contribution in [2.75, 3.05) is 5.32 Å². The number of rotatable bonds is 3. The summed E-state index contributed by atoms with van der Waals surface area (Å²) in [5, 5.41) is 3.15. The normalized spacial score (nSPS) is 14.3. The lowest BCUT2D eigenvalue weighted by atomic mass is 10.2. The van der Waals surface area contributed by atoms with Crippen molar-refractivity contribution in [3.8, 4) is 0 Å². The number of benzene rings is 1. The van der Waals surface area contributed by atoms with E-state index in [4.69, 9.17) is 0 Å². The molecule has 3 nitrogen and oxygen atoms in total. The van der Waals surface area contributed by atoms with Crippen LogP contribution in [0.2, 0.25) is 0 Å². The lowest BCUT2D eigenvalue weighted by Crippen LogP contribution is -2.13. The number of carbonyl (C=O) groups excluding carboxylic acids is 1. The Labute approximate surface area is 122 Å². The van der Waals surface area contributed by atoms with Crippen LogP contribution in [0.3, 0.4) is 0 Å². The second-order valence-corrected chi connectivity index (χ2v) is 5.95. The number of nitrogens with zero attached hydrogens (tertiary/aromatic N) is 1. The largest absolute Gasteiger partial charge is 0.319 e. The molecular weight excluding hydrogens is 301 g/mol. The van der Waals surface area contributed by atoms with Gasteiger partial charge in [0, 0.05) is 5.92 Å². The maximum Gasteiger partial charge on any atom is 0.267 e. The molecule has 1 fully saturated rings. The highest BCUT2D eigenvalue weighted by atomic mass is 32.1. The third-order valence-corrected chi connectivity index (χ3v) is 4.55. The molecule has 1 saturated carbocycles. The summed E-state index contributed by atoms with van der Waals surface area (Å²) < 4.78 is 39.5. The molecule has 2 aromatic rings. The summed E-state index contributed by atoms with van der Waals surface area (Å²) in [5.41, 5.74) is 0.169. The average Bonchev–Trinajstić information content (AvgIpc) is 3.22. The average molecular weight is 312 g/mol. The molecule has 0 spiro atoms. The number of hydrogen-bond donors (Lipinski definition) is 1. The number of amides is 1. The van der Waals surface area contributed by atoms with Crippen LogP contribution in [0.4, 0.5) is 18.9 Å². The molecule has 1 aliphatic rings. The van der Waals surface area contributed by atoms with E-state index in [9.17, 15) is 18.0 Å². The molecular formula is C14H11F3N2OS. The van der Waals surface area contributed by atoms with Gasteiger partial charge in [-0.2, -0.15) is 0 Å². The van der Waals surface area contributed by atoms with Crippen molar-refractivity contribution < 1.29 is 18.0 Å². The molecule has 7 heteroatoms. The smallest absolute Gasteiger partial charge is 0.267 e. The number of carbonyl (C=O) groups is 1. The Morgan fingerprint density at radius 2 is 2.00 bits per heavy atom. The van der Waals surface area contributed by atoms with Gasteiger partial charge in [-0.05, 0) is 31.9 Å². The van der Waals surface area contributed by atoms with Crippen LogP contribution in [0.15, 0.2) is 12.1 Å². The summed E-state index contributed by atoms with van der Waals surface area (Å²) in [5.74, 6) is -4.46. The molecule has 0 radical (unpaired) electrons. The zero-order valence-electron chi connectivity index (χ0n) is 11.0. The van der Waals surface area contributed by atoms with E-state index in [0.717, 1.165) is 30.0 Å². The van der Waals surface area contributed by atoms with Crippen LogP contribution in [0, 0.1) is 24.4 Å². The van der Waals surface area contributed by atoms with E-state index in [1.807, 2.05) is 0 Å². The Hall–Kier alpha value is -1.89. The van der Waals surface area contributed by atoms with Crippen molar-refractivity contribution >= 4 is 22.9 Å². The van der Waals surface area contributed by atoms with Crippen LogP contribution in [-0.4, -0.2) is 10.9 Å². The SMILES string of the molecule is Cc1nc(C2CC2)sc1C(=O)Nc1ccc(F)c(F)c1F. The maximum absolute atomic E-state index is 13.5. The van der Waals surface area contributed by atoms with Gasteiger partial charge in [-0.3, -0.25) is 4.79 Å². The zero-order chi connectivity index (χ0) is 15.1. The van der Waals surface area contributed by atoms with E-state index in [0.29, 0.717) is 16.5 Å². The summed E-state index contributed by atoms with van der Waals surface area (Å²) in [6, 6.07) is 1.76.